The third-order valence-corrected chi connectivity index (χ3v) is 3.93. The van der Waals surface area contributed by atoms with Gasteiger partial charge in [0, 0.05) is 5.56 Å². The molecule has 7 nitrogen and oxygen atoms in total. The second-order valence-corrected chi connectivity index (χ2v) is 6.20. The SMILES string of the molecule is C=C(OC(C(=O)O)C(OC(=O)c1ccc(C)cc1)C(=O)O)c1ccc(C)cc1. The Morgan fingerprint density at radius 1 is 0.750 bits per heavy atom. The summed E-state index contributed by atoms with van der Waals surface area (Å²) in [6, 6.07) is 13.1. The van der Waals surface area contributed by atoms with Gasteiger partial charge in [-0.2, -0.15) is 0 Å². The molecule has 2 atom stereocenters. The fraction of sp³-hybridized carbons (Fsp3) is 0.190. The molecule has 146 valence electrons. The van der Waals surface area contributed by atoms with Gasteiger partial charge in [-0.1, -0.05) is 54.1 Å². The lowest BCUT2D eigenvalue weighted by molar-refractivity contribution is -0.165. The number of aryl methyl sites for hydroxylation is 2. The number of rotatable bonds is 8. The van der Waals surface area contributed by atoms with E-state index in [0.29, 0.717) is 5.56 Å². The van der Waals surface area contributed by atoms with E-state index in [1.165, 1.54) is 12.1 Å². The third-order valence-electron chi connectivity index (χ3n) is 3.93. The summed E-state index contributed by atoms with van der Waals surface area (Å²) < 4.78 is 10.2. The molecule has 2 rings (SSSR count). The van der Waals surface area contributed by atoms with Crippen LogP contribution in [0.4, 0.5) is 0 Å². The van der Waals surface area contributed by atoms with Gasteiger partial charge in [0.15, 0.2) is 0 Å². The smallest absolute Gasteiger partial charge is 0.349 e. The average molecular weight is 384 g/mol. The number of carboxylic acids is 2. The number of carbonyl (C=O) groups excluding carboxylic acids is 1. The van der Waals surface area contributed by atoms with Crippen molar-refractivity contribution < 1.29 is 34.1 Å². The molecule has 0 aliphatic heterocycles. The summed E-state index contributed by atoms with van der Waals surface area (Å²) in [5.74, 6) is -4.27. The minimum absolute atomic E-state index is 0.0509. The zero-order chi connectivity index (χ0) is 20.8. The molecular weight excluding hydrogens is 364 g/mol. The third kappa shape index (κ3) is 5.20. The van der Waals surface area contributed by atoms with E-state index in [0.717, 1.165) is 11.1 Å². The van der Waals surface area contributed by atoms with Crippen LogP contribution in [0.2, 0.25) is 0 Å². The highest BCUT2D eigenvalue weighted by molar-refractivity contribution is 5.93. The van der Waals surface area contributed by atoms with Gasteiger partial charge in [0.25, 0.3) is 0 Å². The first-order valence-electron chi connectivity index (χ1n) is 8.35. The Hall–Kier alpha value is -3.61. The van der Waals surface area contributed by atoms with Crippen LogP contribution < -0.4 is 0 Å². The Bertz CT molecular complexity index is 806. The molecule has 0 amide bonds. The van der Waals surface area contributed by atoms with E-state index in [2.05, 4.69) is 6.58 Å². The van der Waals surface area contributed by atoms with Gasteiger partial charge in [-0.05, 0) is 26.0 Å². The van der Waals surface area contributed by atoms with Crippen LogP contribution in [0.25, 0.3) is 5.76 Å². The van der Waals surface area contributed by atoms with Crippen LogP contribution in [0.15, 0.2) is 55.1 Å². The Labute approximate surface area is 161 Å². The van der Waals surface area contributed by atoms with Gasteiger partial charge < -0.3 is 19.7 Å². The number of ether oxygens (including phenoxy) is 2. The predicted octanol–water partition coefficient (Wildman–Crippen LogP) is 3.05. The molecule has 28 heavy (non-hydrogen) atoms. The van der Waals surface area contributed by atoms with Gasteiger partial charge in [0.05, 0.1) is 5.56 Å². The van der Waals surface area contributed by atoms with E-state index in [1.807, 2.05) is 13.8 Å². The van der Waals surface area contributed by atoms with Crippen molar-refractivity contribution in [3.05, 3.63) is 77.4 Å². The van der Waals surface area contributed by atoms with Crippen molar-refractivity contribution in [3.63, 3.8) is 0 Å². The molecule has 0 aliphatic rings. The number of hydrogen-bond donors (Lipinski definition) is 2. The number of hydrogen-bond acceptors (Lipinski definition) is 5. The summed E-state index contributed by atoms with van der Waals surface area (Å²) in [5.41, 5.74) is 2.44. The molecule has 0 bridgehead atoms. The van der Waals surface area contributed by atoms with Gasteiger partial charge in [-0.3, -0.25) is 0 Å². The molecule has 0 heterocycles. The topological polar surface area (TPSA) is 110 Å². The van der Waals surface area contributed by atoms with Crippen molar-refractivity contribution >= 4 is 23.7 Å². The Balaban J connectivity index is 2.21. The molecule has 0 fully saturated rings. The molecule has 7 heteroatoms. The number of carbonyl (C=O) groups is 3. The predicted molar refractivity (Wildman–Crippen MR) is 101 cm³/mol. The molecule has 0 spiro atoms. The number of aliphatic carboxylic acids is 2. The van der Waals surface area contributed by atoms with Gasteiger partial charge in [0.1, 0.15) is 5.76 Å². The van der Waals surface area contributed by atoms with Crippen LogP contribution in [0.5, 0.6) is 0 Å². The Morgan fingerprint density at radius 2 is 1.14 bits per heavy atom. The molecule has 2 N–H and O–H groups in total. The lowest BCUT2D eigenvalue weighted by Gasteiger charge is -2.23. The molecule has 0 saturated heterocycles. The van der Waals surface area contributed by atoms with Crippen molar-refractivity contribution in [2.24, 2.45) is 0 Å². The number of esters is 1. The van der Waals surface area contributed by atoms with Gasteiger partial charge >= 0.3 is 17.9 Å². The zero-order valence-electron chi connectivity index (χ0n) is 15.4. The highest BCUT2D eigenvalue weighted by atomic mass is 16.6. The first kappa shape index (κ1) is 20.7. The van der Waals surface area contributed by atoms with E-state index < -0.39 is 30.1 Å². The van der Waals surface area contributed by atoms with Crippen LogP contribution in [0.1, 0.15) is 27.0 Å². The van der Waals surface area contributed by atoms with E-state index >= 15 is 0 Å². The van der Waals surface area contributed by atoms with Gasteiger partial charge in [-0.15, -0.1) is 0 Å². The summed E-state index contributed by atoms with van der Waals surface area (Å²) in [5, 5.41) is 18.8. The quantitative estimate of drug-likeness (QED) is 0.532. The molecular formula is C21H20O7. The molecule has 0 radical (unpaired) electrons. The second kappa shape index (κ2) is 8.85. The summed E-state index contributed by atoms with van der Waals surface area (Å²) in [6.45, 7) is 7.34. The van der Waals surface area contributed by atoms with Gasteiger partial charge in [-0.25, -0.2) is 14.4 Å². The summed E-state index contributed by atoms with van der Waals surface area (Å²) in [6.07, 6.45) is -4.03. The molecule has 2 unspecified atom stereocenters. The minimum Gasteiger partial charge on any atom is -0.478 e. The van der Waals surface area contributed by atoms with Crippen molar-refractivity contribution in [3.8, 4) is 0 Å². The normalized spacial score (nSPS) is 12.5. The standard InChI is InChI=1S/C21H20O7/c1-12-4-8-15(9-5-12)14(3)27-17(19(22)23)18(20(24)25)28-21(26)16-10-6-13(2)7-11-16/h4-11,17-18H,3H2,1-2H3,(H,22,23)(H,24,25). The van der Waals surface area contributed by atoms with E-state index in [4.69, 9.17) is 9.47 Å². The van der Waals surface area contributed by atoms with Crippen LogP contribution in [-0.2, 0) is 19.1 Å². The van der Waals surface area contributed by atoms with Crippen LogP contribution in [0, 0.1) is 13.8 Å². The van der Waals surface area contributed by atoms with Gasteiger partial charge in [0.2, 0.25) is 12.2 Å². The van der Waals surface area contributed by atoms with E-state index in [1.54, 1.807) is 36.4 Å². The van der Waals surface area contributed by atoms with E-state index in [9.17, 15) is 24.6 Å². The molecule has 0 aliphatic carbocycles. The highest BCUT2D eigenvalue weighted by Gasteiger charge is 2.40. The van der Waals surface area contributed by atoms with Crippen LogP contribution in [0.3, 0.4) is 0 Å². The maximum atomic E-state index is 12.2. The minimum atomic E-state index is -2.06. The molecule has 2 aromatic carbocycles. The average Bonchev–Trinajstić information content (AvgIpc) is 2.64. The summed E-state index contributed by atoms with van der Waals surface area (Å²) in [7, 11) is 0. The lowest BCUT2D eigenvalue weighted by atomic mass is 10.1. The largest absolute Gasteiger partial charge is 0.478 e. The number of benzene rings is 2. The molecule has 0 saturated carbocycles. The first-order chi connectivity index (χ1) is 13.2. The summed E-state index contributed by atoms with van der Waals surface area (Å²) >= 11 is 0. The van der Waals surface area contributed by atoms with Crippen LogP contribution in [-0.4, -0.2) is 40.3 Å². The molecule has 0 aromatic heterocycles. The van der Waals surface area contributed by atoms with Crippen LogP contribution >= 0.6 is 0 Å². The monoisotopic (exact) mass is 384 g/mol. The van der Waals surface area contributed by atoms with Crippen molar-refractivity contribution in [2.75, 3.05) is 0 Å². The lowest BCUT2D eigenvalue weighted by Crippen LogP contribution is -2.44. The molecule has 2 aromatic rings. The highest BCUT2D eigenvalue weighted by Crippen LogP contribution is 2.20. The second-order valence-electron chi connectivity index (χ2n) is 6.20. The zero-order valence-corrected chi connectivity index (χ0v) is 15.4. The fourth-order valence-corrected chi connectivity index (χ4v) is 2.32. The van der Waals surface area contributed by atoms with Crippen molar-refractivity contribution in [2.45, 2.75) is 26.1 Å². The Kier molecular flexibility index (Phi) is 6.55. The summed E-state index contributed by atoms with van der Waals surface area (Å²) in [4.78, 5) is 35.4. The Morgan fingerprint density at radius 3 is 1.57 bits per heavy atom. The number of carboxylic acid groups (broad SMARTS) is 2. The van der Waals surface area contributed by atoms with Crippen molar-refractivity contribution in [1.29, 1.82) is 0 Å². The van der Waals surface area contributed by atoms with Crippen molar-refractivity contribution in [1.82, 2.24) is 0 Å². The first-order valence-corrected chi connectivity index (χ1v) is 8.35. The maximum Gasteiger partial charge on any atom is 0.349 e. The maximum absolute atomic E-state index is 12.2. The fourth-order valence-electron chi connectivity index (χ4n) is 2.32. The van der Waals surface area contributed by atoms with E-state index in [-0.39, 0.29) is 11.3 Å².